The Labute approximate surface area is 152 Å². The van der Waals surface area contributed by atoms with Gasteiger partial charge in [-0.25, -0.2) is 4.39 Å². The van der Waals surface area contributed by atoms with Crippen molar-refractivity contribution in [3.63, 3.8) is 0 Å². The number of phenols is 1. The number of hydrogen-bond donors (Lipinski definition) is 2. The number of carbonyl (C=O) groups excluding carboxylic acids is 1. The highest BCUT2D eigenvalue weighted by Gasteiger charge is 2.14. The van der Waals surface area contributed by atoms with Crippen molar-refractivity contribution in [3.05, 3.63) is 95.3 Å². The van der Waals surface area contributed by atoms with Crippen LogP contribution in [0.4, 0.5) is 10.1 Å². The number of phenolic OH excluding ortho intramolecular Hbond substituents is 1. The molecule has 0 bridgehead atoms. The predicted molar refractivity (Wildman–Crippen MR) is 101 cm³/mol. The van der Waals surface area contributed by atoms with E-state index in [1.54, 1.807) is 12.1 Å². The molecule has 3 aromatic carbocycles. The van der Waals surface area contributed by atoms with Gasteiger partial charge in [-0.2, -0.15) is 0 Å². The van der Waals surface area contributed by atoms with Crippen LogP contribution in [0.3, 0.4) is 0 Å². The SMILES string of the molecule is O=CNc1cccc(CC(Cc2ccc(O)cc2)c2ccc(F)cc2)c1. The summed E-state index contributed by atoms with van der Waals surface area (Å²) in [5, 5.41) is 12.1. The number of halogens is 1. The van der Waals surface area contributed by atoms with Crippen LogP contribution >= 0.6 is 0 Å². The monoisotopic (exact) mass is 349 g/mol. The smallest absolute Gasteiger partial charge is 0.211 e. The molecule has 0 radical (unpaired) electrons. The van der Waals surface area contributed by atoms with Gasteiger partial charge in [0.2, 0.25) is 6.41 Å². The Hall–Kier alpha value is -3.14. The van der Waals surface area contributed by atoms with Gasteiger partial charge < -0.3 is 10.4 Å². The highest BCUT2D eigenvalue weighted by atomic mass is 19.1. The maximum atomic E-state index is 13.3. The van der Waals surface area contributed by atoms with Gasteiger partial charge in [-0.05, 0) is 71.8 Å². The van der Waals surface area contributed by atoms with E-state index in [-0.39, 0.29) is 17.5 Å². The normalized spacial score (nSPS) is 11.7. The molecule has 1 atom stereocenters. The van der Waals surface area contributed by atoms with Crippen molar-refractivity contribution in [2.24, 2.45) is 0 Å². The van der Waals surface area contributed by atoms with Crippen LogP contribution in [0.2, 0.25) is 0 Å². The molecule has 3 rings (SSSR count). The standard InChI is InChI=1S/C22H20FNO2/c23-20-8-6-18(7-9-20)19(12-16-4-10-22(26)11-5-16)13-17-2-1-3-21(14-17)24-15-25/h1-11,14-15,19,26H,12-13H2,(H,24,25). The van der Waals surface area contributed by atoms with Crippen LogP contribution in [-0.2, 0) is 17.6 Å². The molecule has 0 saturated heterocycles. The molecule has 3 aromatic rings. The van der Waals surface area contributed by atoms with E-state index in [1.807, 2.05) is 48.5 Å². The number of nitrogens with one attached hydrogen (secondary N) is 1. The van der Waals surface area contributed by atoms with Gasteiger partial charge in [0, 0.05) is 5.69 Å². The first-order valence-corrected chi connectivity index (χ1v) is 8.46. The Morgan fingerprint density at radius 3 is 2.31 bits per heavy atom. The van der Waals surface area contributed by atoms with E-state index in [2.05, 4.69) is 5.32 Å². The highest BCUT2D eigenvalue weighted by Crippen LogP contribution is 2.27. The van der Waals surface area contributed by atoms with Crippen molar-refractivity contribution < 1.29 is 14.3 Å². The Balaban J connectivity index is 1.86. The fourth-order valence-corrected chi connectivity index (χ4v) is 3.10. The van der Waals surface area contributed by atoms with Crippen LogP contribution in [0, 0.1) is 5.82 Å². The fraction of sp³-hybridized carbons (Fsp3) is 0.136. The van der Waals surface area contributed by atoms with E-state index in [9.17, 15) is 14.3 Å². The Morgan fingerprint density at radius 1 is 0.923 bits per heavy atom. The van der Waals surface area contributed by atoms with Crippen molar-refractivity contribution in [2.45, 2.75) is 18.8 Å². The lowest BCUT2D eigenvalue weighted by molar-refractivity contribution is -0.105. The van der Waals surface area contributed by atoms with Crippen LogP contribution in [0.15, 0.2) is 72.8 Å². The quantitative estimate of drug-likeness (QED) is 0.609. The summed E-state index contributed by atoms with van der Waals surface area (Å²) in [5.74, 6) is 0.126. The van der Waals surface area contributed by atoms with E-state index in [4.69, 9.17) is 0 Å². The molecule has 26 heavy (non-hydrogen) atoms. The molecule has 0 saturated carbocycles. The second-order valence-corrected chi connectivity index (χ2v) is 6.29. The average Bonchev–Trinajstić information content (AvgIpc) is 2.64. The van der Waals surface area contributed by atoms with E-state index < -0.39 is 0 Å². The molecule has 0 spiro atoms. The molecule has 3 nitrogen and oxygen atoms in total. The van der Waals surface area contributed by atoms with Crippen molar-refractivity contribution in [2.75, 3.05) is 5.32 Å². The summed E-state index contributed by atoms with van der Waals surface area (Å²) >= 11 is 0. The molecule has 0 aliphatic carbocycles. The maximum absolute atomic E-state index is 13.3. The summed E-state index contributed by atoms with van der Waals surface area (Å²) < 4.78 is 13.3. The van der Waals surface area contributed by atoms with E-state index in [0.717, 1.165) is 35.2 Å². The zero-order valence-corrected chi connectivity index (χ0v) is 14.2. The van der Waals surface area contributed by atoms with Crippen molar-refractivity contribution >= 4 is 12.1 Å². The fourth-order valence-electron chi connectivity index (χ4n) is 3.10. The molecule has 0 aliphatic heterocycles. The largest absolute Gasteiger partial charge is 0.508 e. The van der Waals surface area contributed by atoms with Gasteiger partial charge in [0.15, 0.2) is 0 Å². The summed E-state index contributed by atoms with van der Waals surface area (Å²) in [6.07, 6.45) is 2.17. The van der Waals surface area contributed by atoms with E-state index in [0.29, 0.717) is 6.41 Å². The summed E-state index contributed by atoms with van der Waals surface area (Å²) in [6, 6.07) is 21.4. The van der Waals surface area contributed by atoms with E-state index in [1.165, 1.54) is 12.1 Å². The topological polar surface area (TPSA) is 49.3 Å². The molecular weight excluding hydrogens is 329 g/mol. The number of carbonyl (C=O) groups is 1. The minimum Gasteiger partial charge on any atom is -0.508 e. The number of aromatic hydroxyl groups is 1. The lowest BCUT2D eigenvalue weighted by Gasteiger charge is -2.18. The first kappa shape index (κ1) is 17.7. The molecule has 0 heterocycles. The zero-order chi connectivity index (χ0) is 18.4. The van der Waals surface area contributed by atoms with Crippen LogP contribution in [0.25, 0.3) is 0 Å². The molecule has 4 heteroatoms. The second kappa shape index (κ2) is 8.30. The number of amides is 1. The van der Waals surface area contributed by atoms with Gasteiger partial charge in [0.1, 0.15) is 11.6 Å². The number of benzene rings is 3. The van der Waals surface area contributed by atoms with Crippen LogP contribution in [0.1, 0.15) is 22.6 Å². The van der Waals surface area contributed by atoms with Gasteiger partial charge >= 0.3 is 0 Å². The van der Waals surface area contributed by atoms with Crippen LogP contribution < -0.4 is 5.32 Å². The van der Waals surface area contributed by atoms with Crippen LogP contribution in [0.5, 0.6) is 5.75 Å². The maximum Gasteiger partial charge on any atom is 0.211 e. The number of hydrogen-bond acceptors (Lipinski definition) is 2. The molecule has 0 fully saturated rings. The molecular formula is C22H20FNO2. The van der Waals surface area contributed by atoms with Gasteiger partial charge in [-0.3, -0.25) is 4.79 Å². The third-order valence-electron chi connectivity index (χ3n) is 4.39. The molecule has 1 unspecified atom stereocenters. The summed E-state index contributed by atoms with van der Waals surface area (Å²) in [5.41, 5.74) is 3.98. The molecule has 2 N–H and O–H groups in total. The van der Waals surface area contributed by atoms with Gasteiger partial charge in [0.25, 0.3) is 0 Å². The predicted octanol–water partition coefficient (Wildman–Crippen LogP) is 4.67. The lowest BCUT2D eigenvalue weighted by atomic mass is 9.86. The van der Waals surface area contributed by atoms with Gasteiger partial charge in [0.05, 0.1) is 0 Å². The summed E-state index contributed by atoms with van der Waals surface area (Å²) in [7, 11) is 0. The first-order valence-electron chi connectivity index (χ1n) is 8.46. The minimum atomic E-state index is -0.255. The molecule has 0 aliphatic rings. The summed E-state index contributed by atoms with van der Waals surface area (Å²) in [6.45, 7) is 0. The summed E-state index contributed by atoms with van der Waals surface area (Å²) in [4.78, 5) is 10.7. The highest BCUT2D eigenvalue weighted by molar-refractivity contribution is 5.71. The number of rotatable bonds is 7. The van der Waals surface area contributed by atoms with E-state index >= 15 is 0 Å². The molecule has 1 amide bonds. The Morgan fingerprint density at radius 2 is 1.62 bits per heavy atom. The number of anilines is 1. The van der Waals surface area contributed by atoms with Gasteiger partial charge in [-0.15, -0.1) is 0 Å². The van der Waals surface area contributed by atoms with Crippen molar-refractivity contribution in [3.8, 4) is 5.75 Å². The minimum absolute atomic E-state index is 0.145. The Bertz CT molecular complexity index is 860. The Kier molecular flexibility index (Phi) is 5.64. The van der Waals surface area contributed by atoms with Crippen molar-refractivity contribution in [1.82, 2.24) is 0 Å². The lowest BCUT2D eigenvalue weighted by Crippen LogP contribution is -2.07. The zero-order valence-electron chi connectivity index (χ0n) is 14.2. The third-order valence-corrected chi connectivity index (χ3v) is 4.39. The molecule has 132 valence electrons. The van der Waals surface area contributed by atoms with Gasteiger partial charge in [-0.1, -0.05) is 36.4 Å². The molecule has 0 aromatic heterocycles. The first-order chi connectivity index (χ1) is 12.6. The third kappa shape index (κ3) is 4.70. The average molecular weight is 349 g/mol. The van der Waals surface area contributed by atoms with Crippen molar-refractivity contribution in [1.29, 1.82) is 0 Å². The second-order valence-electron chi connectivity index (χ2n) is 6.29. The van der Waals surface area contributed by atoms with Crippen LogP contribution in [-0.4, -0.2) is 11.5 Å².